The number of hydrogen-bond donors (Lipinski definition) is 2. The molecule has 2 N–H and O–H groups in total. The van der Waals surface area contributed by atoms with Gasteiger partial charge in [-0.2, -0.15) is 0 Å². The lowest BCUT2D eigenvalue weighted by Crippen LogP contribution is -2.47. The number of morpholine rings is 1. The zero-order valence-electron chi connectivity index (χ0n) is 19.0. The highest BCUT2D eigenvalue weighted by atomic mass is 19.1. The fraction of sp³-hybridized carbons (Fsp3) is 0.458. The van der Waals surface area contributed by atoms with Crippen LogP contribution < -0.4 is 20.1 Å². The molecule has 1 fully saturated rings. The van der Waals surface area contributed by atoms with Gasteiger partial charge in [-0.25, -0.2) is 4.39 Å². The smallest absolute Gasteiger partial charge is 0.191 e. The first-order chi connectivity index (χ1) is 15.6. The van der Waals surface area contributed by atoms with E-state index in [1.807, 2.05) is 43.3 Å². The van der Waals surface area contributed by atoms with Crippen LogP contribution in [0.5, 0.6) is 11.5 Å². The number of methoxy groups -OCH3 is 1. The van der Waals surface area contributed by atoms with Crippen LogP contribution in [0, 0.1) is 5.82 Å². The Bertz CT molecular complexity index is 857. The number of benzene rings is 2. The number of halogens is 1. The second-order valence-corrected chi connectivity index (χ2v) is 7.63. The molecule has 0 amide bonds. The van der Waals surface area contributed by atoms with Crippen molar-refractivity contribution < 1.29 is 18.6 Å². The summed E-state index contributed by atoms with van der Waals surface area (Å²) in [5, 5.41) is 6.72. The van der Waals surface area contributed by atoms with Crippen molar-refractivity contribution in [3.05, 3.63) is 59.9 Å². The Morgan fingerprint density at radius 2 is 1.72 bits per heavy atom. The summed E-state index contributed by atoms with van der Waals surface area (Å²) in [5.41, 5.74) is 1.06. The van der Waals surface area contributed by atoms with Crippen molar-refractivity contribution in [3.8, 4) is 11.5 Å². The van der Waals surface area contributed by atoms with E-state index in [1.165, 1.54) is 12.1 Å². The maximum absolute atomic E-state index is 13.4. The van der Waals surface area contributed by atoms with Crippen molar-refractivity contribution >= 4 is 5.96 Å². The van der Waals surface area contributed by atoms with Gasteiger partial charge in [0.05, 0.1) is 32.9 Å². The van der Waals surface area contributed by atoms with E-state index in [-0.39, 0.29) is 18.0 Å². The highest BCUT2D eigenvalue weighted by Gasteiger charge is 2.23. The van der Waals surface area contributed by atoms with Gasteiger partial charge in [-0.05, 0) is 36.8 Å². The minimum Gasteiger partial charge on any atom is -0.493 e. The third-order valence-electron chi connectivity index (χ3n) is 5.38. The zero-order valence-corrected chi connectivity index (χ0v) is 19.0. The summed E-state index contributed by atoms with van der Waals surface area (Å²) in [5.74, 6) is 1.86. The van der Waals surface area contributed by atoms with Gasteiger partial charge in [0.15, 0.2) is 17.5 Å². The van der Waals surface area contributed by atoms with Crippen LogP contribution in [0.2, 0.25) is 0 Å². The van der Waals surface area contributed by atoms with Gasteiger partial charge in [-0.3, -0.25) is 9.89 Å². The van der Waals surface area contributed by atoms with E-state index in [0.29, 0.717) is 43.8 Å². The molecule has 0 aliphatic carbocycles. The van der Waals surface area contributed by atoms with Crippen LogP contribution in [0.25, 0.3) is 0 Å². The average molecular weight is 445 g/mol. The Hall–Kier alpha value is -2.84. The molecule has 2 aromatic carbocycles. The second kappa shape index (κ2) is 12.3. The minimum atomic E-state index is -0.232. The van der Waals surface area contributed by atoms with Gasteiger partial charge >= 0.3 is 0 Å². The third-order valence-corrected chi connectivity index (χ3v) is 5.38. The first-order valence-electron chi connectivity index (χ1n) is 10.9. The molecule has 7 nitrogen and oxygen atoms in total. The normalized spacial score (nSPS) is 16.8. The molecule has 8 heteroatoms. The predicted octanol–water partition coefficient (Wildman–Crippen LogP) is 2.84. The summed E-state index contributed by atoms with van der Waals surface area (Å²) >= 11 is 0. The summed E-state index contributed by atoms with van der Waals surface area (Å²) in [6, 6.07) is 14.4. The zero-order chi connectivity index (χ0) is 22.8. The van der Waals surface area contributed by atoms with E-state index in [0.717, 1.165) is 18.7 Å². The Balaban J connectivity index is 1.56. The van der Waals surface area contributed by atoms with Crippen molar-refractivity contribution in [2.45, 2.75) is 19.1 Å². The minimum absolute atomic E-state index is 0.0836. The lowest BCUT2D eigenvalue weighted by atomic mass is 10.0. The number of para-hydroxylation sites is 2. The molecule has 32 heavy (non-hydrogen) atoms. The Labute approximate surface area is 189 Å². The van der Waals surface area contributed by atoms with Gasteiger partial charge < -0.3 is 24.8 Å². The van der Waals surface area contributed by atoms with Gasteiger partial charge in [-0.15, -0.1) is 0 Å². The summed E-state index contributed by atoms with van der Waals surface area (Å²) in [6.07, 6.45) is -0.100. The lowest BCUT2D eigenvalue weighted by Gasteiger charge is -2.35. The molecule has 1 aliphatic heterocycles. The fourth-order valence-corrected chi connectivity index (χ4v) is 3.66. The predicted molar refractivity (Wildman–Crippen MR) is 124 cm³/mol. The number of guanidine groups is 1. The van der Waals surface area contributed by atoms with E-state index in [1.54, 1.807) is 14.2 Å². The number of hydrogen-bond acceptors (Lipinski definition) is 5. The molecule has 0 radical (unpaired) electrons. The van der Waals surface area contributed by atoms with Crippen LogP contribution in [0.15, 0.2) is 53.5 Å². The van der Waals surface area contributed by atoms with Gasteiger partial charge in [0.25, 0.3) is 0 Å². The number of aliphatic imine (C=N–C) groups is 1. The Kier molecular flexibility index (Phi) is 9.13. The topological polar surface area (TPSA) is 67.4 Å². The quantitative estimate of drug-likeness (QED) is 0.458. The highest BCUT2D eigenvalue weighted by molar-refractivity contribution is 5.79. The van der Waals surface area contributed by atoms with Gasteiger partial charge in [0.2, 0.25) is 0 Å². The SMILES string of the molecule is CN=C(NCC(C)Oc1ccccc1OC)NCC(c1ccc(F)cc1)N1CCOCC1. The molecule has 174 valence electrons. The van der Waals surface area contributed by atoms with Crippen molar-refractivity contribution in [2.24, 2.45) is 4.99 Å². The van der Waals surface area contributed by atoms with Crippen LogP contribution in [0.1, 0.15) is 18.5 Å². The van der Waals surface area contributed by atoms with Crippen molar-refractivity contribution in [1.29, 1.82) is 0 Å². The standard InChI is InChI=1S/C24H33FN4O3/c1-18(32-23-7-5-4-6-22(23)30-3)16-27-24(26-2)28-17-21(29-12-14-31-15-13-29)19-8-10-20(25)11-9-19/h4-11,18,21H,12-17H2,1-3H3,(H2,26,27,28). The largest absolute Gasteiger partial charge is 0.493 e. The fourth-order valence-electron chi connectivity index (χ4n) is 3.66. The summed E-state index contributed by atoms with van der Waals surface area (Å²) in [6.45, 7) is 6.25. The van der Waals surface area contributed by atoms with Crippen LogP contribution in [-0.4, -0.2) is 70.5 Å². The first-order valence-corrected chi connectivity index (χ1v) is 10.9. The van der Waals surface area contributed by atoms with Gasteiger partial charge in [-0.1, -0.05) is 24.3 Å². The molecule has 0 saturated carbocycles. The molecule has 1 aliphatic rings. The van der Waals surface area contributed by atoms with E-state index in [9.17, 15) is 4.39 Å². The number of nitrogens with zero attached hydrogens (tertiary/aromatic N) is 2. The van der Waals surface area contributed by atoms with Crippen LogP contribution in [-0.2, 0) is 4.74 Å². The maximum Gasteiger partial charge on any atom is 0.191 e. The molecule has 0 aromatic heterocycles. The summed E-state index contributed by atoms with van der Waals surface area (Å²) in [7, 11) is 3.37. The van der Waals surface area contributed by atoms with E-state index >= 15 is 0 Å². The van der Waals surface area contributed by atoms with Crippen LogP contribution in [0.4, 0.5) is 4.39 Å². The summed E-state index contributed by atoms with van der Waals surface area (Å²) < 4.78 is 30.3. The molecule has 3 rings (SSSR count). The number of rotatable bonds is 9. The molecule has 0 bridgehead atoms. The first kappa shape index (κ1) is 23.8. The highest BCUT2D eigenvalue weighted by Crippen LogP contribution is 2.26. The molecule has 2 unspecified atom stereocenters. The van der Waals surface area contributed by atoms with E-state index in [4.69, 9.17) is 14.2 Å². The van der Waals surface area contributed by atoms with Crippen LogP contribution >= 0.6 is 0 Å². The molecule has 1 heterocycles. The Morgan fingerprint density at radius 3 is 2.38 bits per heavy atom. The maximum atomic E-state index is 13.4. The lowest BCUT2D eigenvalue weighted by molar-refractivity contribution is 0.0170. The molecule has 0 spiro atoms. The van der Waals surface area contributed by atoms with E-state index < -0.39 is 0 Å². The molecular formula is C24H33FN4O3. The van der Waals surface area contributed by atoms with Gasteiger partial charge in [0.1, 0.15) is 11.9 Å². The average Bonchev–Trinajstić information content (AvgIpc) is 2.83. The number of nitrogens with one attached hydrogen (secondary N) is 2. The Morgan fingerprint density at radius 1 is 1.06 bits per heavy atom. The summed E-state index contributed by atoms with van der Waals surface area (Å²) in [4.78, 5) is 6.69. The van der Waals surface area contributed by atoms with E-state index in [2.05, 4.69) is 20.5 Å². The van der Waals surface area contributed by atoms with Crippen molar-refractivity contribution in [1.82, 2.24) is 15.5 Å². The second-order valence-electron chi connectivity index (χ2n) is 7.63. The van der Waals surface area contributed by atoms with Gasteiger partial charge in [0, 0.05) is 26.7 Å². The monoisotopic (exact) mass is 444 g/mol. The van der Waals surface area contributed by atoms with Crippen molar-refractivity contribution in [2.75, 3.05) is 53.6 Å². The van der Waals surface area contributed by atoms with Crippen molar-refractivity contribution in [3.63, 3.8) is 0 Å². The number of ether oxygens (including phenoxy) is 3. The van der Waals surface area contributed by atoms with Crippen LogP contribution in [0.3, 0.4) is 0 Å². The third kappa shape index (κ3) is 6.83. The molecule has 2 atom stereocenters. The molecule has 2 aromatic rings. The molecule has 1 saturated heterocycles. The molecular weight excluding hydrogens is 411 g/mol.